The third-order valence-electron chi connectivity index (χ3n) is 3.06. The Morgan fingerprint density at radius 2 is 2.31 bits per heavy atom. The lowest BCUT2D eigenvalue weighted by Crippen LogP contribution is -2.21. The van der Waals surface area contributed by atoms with E-state index in [-0.39, 0.29) is 12.4 Å². The van der Waals surface area contributed by atoms with E-state index < -0.39 is 0 Å². The number of para-hydroxylation sites is 1. The predicted molar refractivity (Wildman–Crippen MR) is 62.1 cm³/mol. The molecule has 1 unspecified atom stereocenters. The number of rotatable bonds is 3. The van der Waals surface area contributed by atoms with E-state index in [9.17, 15) is 5.11 Å². The second-order valence-electron chi connectivity index (χ2n) is 4.11. The van der Waals surface area contributed by atoms with E-state index in [1.54, 1.807) is 19.2 Å². The molecule has 0 radical (unpaired) electrons. The number of benzene rings is 1. The molecule has 16 heavy (non-hydrogen) atoms. The lowest BCUT2D eigenvalue weighted by Gasteiger charge is -2.21. The Labute approximate surface area is 95.1 Å². The molecule has 0 bridgehead atoms. The van der Waals surface area contributed by atoms with Gasteiger partial charge in [0, 0.05) is 25.6 Å². The molecule has 4 nitrogen and oxygen atoms in total. The summed E-state index contributed by atoms with van der Waals surface area (Å²) < 4.78 is 5.20. The van der Waals surface area contributed by atoms with Gasteiger partial charge >= 0.3 is 0 Å². The quantitative estimate of drug-likeness (QED) is 0.809. The van der Waals surface area contributed by atoms with Crippen LogP contribution in [0.1, 0.15) is 6.42 Å². The molecule has 1 saturated heterocycles. The lowest BCUT2D eigenvalue weighted by atomic mass is 10.1. The van der Waals surface area contributed by atoms with Crippen LogP contribution in [0.5, 0.6) is 11.5 Å². The summed E-state index contributed by atoms with van der Waals surface area (Å²) in [4.78, 5) is 2.14. The highest BCUT2D eigenvalue weighted by molar-refractivity contribution is 5.64. The van der Waals surface area contributed by atoms with Gasteiger partial charge in [0.2, 0.25) is 0 Å². The average molecular weight is 223 g/mol. The first-order valence-electron chi connectivity index (χ1n) is 5.48. The van der Waals surface area contributed by atoms with Crippen molar-refractivity contribution in [1.82, 2.24) is 0 Å². The second kappa shape index (κ2) is 4.61. The first-order chi connectivity index (χ1) is 7.76. The van der Waals surface area contributed by atoms with Crippen molar-refractivity contribution in [3.8, 4) is 11.5 Å². The number of aliphatic hydroxyl groups is 1. The molecule has 1 aliphatic heterocycles. The Morgan fingerprint density at radius 3 is 2.94 bits per heavy atom. The summed E-state index contributed by atoms with van der Waals surface area (Å²) >= 11 is 0. The number of nitrogens with zero attached hydrogens (tertiary/aromatic N) is 1. The molecule has 1 heterocycles. The molecule has 1 atom stereocenters. The fourth-order valence-corrected chi connectivity index (χ4v) is 2.17. The monoisotopic (exact) mass is 223 g/mol. The van der Waals surface area contributed by atoms with E-state index in [2.05, 4.69) is 4.90 Å². The molecule has 4 heteroatoms. The maximum Gasteiger partial charge on any atom is 0.183 e. The van der Waals surface area contributed by atoms with E-state index in [0.29, 0.717) is 11.7 Å². The molecule has 0 amide bonds. The first-order valence-corrected chi connectivity index (χ1v) is 5.48. The van der Waals surface area contributed by atoms with Crippen molar-refractivity contribution < 1.29 is 14.9 Å². The molecule has 0 aromatic heterocycles. The van der Waals surface area contributed by atoms with Crippen LogP contribution < -0.4 is 9.64 Å². The maximum atomic E-state index is 9.67. The standard InChI is InChI=1S/C12H17NO3/c1-16-12-10(3-2-4-11(12)15)13-6-5-9(7-13)8-14/h2-4,9,14-15H,5-8H2,1H3. The lowest BCUT2D eigenvalue weighted by molar-refractivity contribution is 0.238. The Kier molecular flexibility index (Phi) is 3.19. The number of hydrogen-bond acceptors (Lipinski definition) is 4. The molecule has 1 aliphatic rings. The van der Waals surface area contributed by atoms with Gasteiger partial charge in [-0.3, -0.25) is 0 Å². The Hall–Kier alpha value is -1.42. The number of hydrogen-bond donors (Lipinski definition) is 2. The Morgan fingerprint density at radius 1 is 1.50 bits per heavy atom. The van der Waals surface area contributed by atoms with Gasteiger partial charge in [-0.1, -0.05) is 6.07 Å². The van der Waals surface area contributed by atoms with Gasteiger partial charge in [-0.05, 0) is 18.6 Å². The van der Waals surface area contributed by atoms with Gasteiger partial charge in [0.25, 0.3) is 0 Å². The molecule has 2 rings (SSSR count). The van der Waals surface area contributed by atoms with Crippen LogP contribution in [-0.4, -0.2) is 37.0 Å². The fraction of sp³-hybridized carbons (Fsp3) is 0.500. The normalized spacial score (nSPS) is 20.1. The molecule has 88 valence electrons. The highest BCUT2D eigenvalue weighted by Crippen LogP contribution is 2.38. The molecule has 1 aromatic rings. The average Bonchev–Trinajstić information content (AvgIpc) is 2.77. The number of methoxy groups -OCH3 is 1. The third-order valence-corrected chi connectivity index (χ3v) is 3.06. The largest absolute Gasteiger partial charge is 0.504 e. The van der Waals surface area contributed by atoms with Gasteiger partial charge in [-0.2, -0.15) is 0 Å². The third kappa shape index (κ3) is 1.93. The summed E-state index contributed by atoms with van der Waals surface area (Å²) in [6.07, 6.45) is 0.981. The summed E-state index contributed by atoms with van der Waals surface area (Å²) in [5.41, 5.74) is 0.901. The van der Waals surface area contributed by atoms with Crippen LogP contribution in [0.3, 0.4) is 0 Å². The van der Waals surface area contributed by atoms with Gasteiger partial charge in [-0.25, -0.2) is 0 Å². The van der Waals surface area contributed by atoms with E-state index in [0.717, 1.165) is 25.2 Å². The smallest absolute Gasteiger partial charge is 0.183 e. The maximum absolute atomic E-state index is 9.67. The number of anilines is 1. The van der Waals surface area contributed by atoms with Crippen molar-refractivity contribution >= 4 is 5.69 Å². The fourth-order valence-electron chi connectivity index (χ4n) is 2.17. The van der Waals surface area contributed by atoms with Crippen LogP contribution in [0.2, 0.25) is 0 Å². The second-order valence-corrected chi connectivity index (χ2v) is 4.11. The van der Waals surface area contributed by atoms with Crippen molar-refractivity contribution in [2.75, 3.05) is 31.7 Å². The summed E-state index contributed by atoms with van der Waals surface area (Å²) in [5.74, 6) is 1.00. The minimum absolute atomic E-state index is 0.160. The number of phenols is 1. The zero-order valence-electron chi connectivity index (χ0n) is 9.39. The van der Waals surface area contributed by atoms with E-state index in [1.807, 2.05) is 6.07 Å². The van der Waals surface area contributed by atoms with Crippen LogP contribution in [0, 0.1) is 5.92 Å². The summed E-state index contributed by atoms with van der Waals surface area (Å²) in [6, 6.07) is 5.35. The van der Waals surface area contributed by atoms with Gasteiger partial charge in [0.1, 0.15) is 0 Å². The zero-order valence-corrected chi connectivity index (χ0v) is 9.39. The van der Waals surface area contributed by atoms with E-state index in [1.165, 1.54) is 0 Å². The zero-order chi connectivity index (χ0) is 11.5. The van der Waals surface area contributed by atoms with E-state index >= 15 is 0 Å². The van der Waals surface area contributed by atoms with Crippen LogP contribution in [0.15, 0.2) is 18.2 Å². The number of ether oxygens (including phenoxy) is 1. The number of aromatic hydroxyl groups is 1. The molecule has 0 aliphatic carbocycles. The molecule has 1 aromatic carbocycles. The van der Waals surface area contributed by atoms with Crippen LogP contribution in [-0.2, 0) is 0 Å². The summed E-state index contributed by atoms with van der Waals surface area (Å²) in [6.45, 7) is 1.93. The molecule has 0 saturated carbocycles. The van der Waals surface area contributed by atoms with Gasteiger partial charge in [-0.15, -0.1) is 0 Å². The van der Waals surface area contributed by atoms with Crippen molar-refractivity contribution in [3.63, 3.8) is 0 Å². The highest BCUT2D eigenvalue weighted by Gasteiger charge is 2.24. The molecular formula is C12H17NO3. The summed E-state index contributed by atoms with van der Waals surface area (Å²) in [7, 11) is 1.55. The SMILES string of the molecule is COc1c(O)cccc1N1CCC(CO)C1. The predicted octanol–water partition coefficient (Wildman–Crippen LogP) is 1.22. The van der Waals surface area contributed by atoms with Crippen molar-refractivity contribution in [1.29, 1.82) is 0 Å². The molecular weight excluding hydrogens is 206 g/mol. The molecule has 2 N–H and O–H groups in total. The summed E-state index contributed by atoms with van der Waals surface area (Å²) in [5, 5.41) is 18.8. The minimum Gasteiger partial charge on any atom is -0.504 e. The molecule has 1 fully saturated rings. The van der Waals surface area contributed by atoms with Crippen LogP contribution >= 0.6 is 0 Å². The van der Waals surface area contributed by atoms with Gasteiger partial charge < -0.3 is 19.8 Å². The van der Waals surface area contributed by atoms with Crippen molar-refractivity contribution in [2.24, 2.45) is 5.92 Å². The van der Waals surface area contributed by atoms with E-state index in [4.69, 9.17) is 9.84 Å². The van der Waals surface area contributed by atoms with Gasteiger partial charge in [0.15, 0.2) is 11.5 Å². The van der Waals surface area contributed by atoms with Crippen LogP contribution in [0.4, 0.5) is 5.69 Å². The topological polar surface area (TPSA) is 52.9 Å². The highest BCUT2D eigenvalue weighted by atomic mass is 16.5. The van der Waals surface area contributed by atoms with Crippen LogP contribution in [0.25, 0.3) is 0 Å². The first kappa shape index (κ1) is 11.1. The van der Waals surface area contributed by atoms with Crippen molar-refractivity contribution in [3.05, 3.63) is 18.2 Å². The van der Waals surface area contributed by atoms with Crippen molar-refractivity contribution in [2.45, 2.75) is 6.42 Å². The minimum atomic E-state index is 0.160. The molecule has 0 spiro atoms. The number of aliphatic hydroxyl groups excluding tert-OH is 1. The number of phenolic OH excluding ortho intramolecular Hbond substituents is 1. The van der Waals surface area contributed by atoms with Gasteiger partial charge in [0.05, 0.1) is 12.8 Å². The Balaban J connectivity index is 2.24. The Bertz CT molecular complexity index is 367.